The fourth-order valence-corrected chi connectivity index (χ4v) is 2.89. The van der Waals surface area contributed by atoms with E-state index in [-0.39, 0.29) is 18.1 Å². The molecule has 1 aliphatic heterocycles. The van der Waals surface area contributed by atoms with Gasteiger partial charge in [-0.05, 0) is 38.8 Å². The zero-order valence-corrected chi connectivity index (χ0v) is 14.2. The molecule has 1 amide bonds. The third-order valence-corrected chi connectivity index (χ3v) is 4.29. The molecule has 1 fully saturated rings. The predicted molar refractivity (Wildman–Crippen MR) is 88.6 cm³/mol. The van der Waals surface area contributed by atoms with Crippen LogP contribution < -0.4 is 10.1 Å². The Kier molecular flexibility index (Phi) is 4.80. The van der Waals surface area contributed by atoms with Gasteiger partial charge < -0.3 is 14.8 Å². The van der Waals surface area contributed by atoms with E-state index in [1.807, 2.05) is 38.1 Å². The number of nitrogens with zero attached hydrogens (tertiary/aromatic N) is 3. The van der Waals surface area contributed by atoms with E-state index < -0.39 is 0 Å². The molecule has 24 heavy (non-hydrogen) atoms. The van der Waals surface area contributed by atoms with Gasteiger partial charge in [-0.3, -0.25) is 4.79 Å². The highest BCUT2D eigenvalue weighted by atomic mass is 16.5. The van der Waals surface area contributed by atoms with Crippen molar-refractivity contribution in [2.45, 2.75) is 38.8 Å². The lowest BCUT2D eigenvalue weighted by molar-refractivity contribution is 0.0709. The van der Waals surface area contributed by atoms with E-state index in [9.17, 15) is 4.79 Å². The van der Waals surface area contributed by atoms with Crippen molar-refractivity contribution in [3.8, 4) is 11.4 Å². The molecule has 7 nitrogen and oxygen atoms in total. The van der Waals surface area contributed by atoms with Crippen molar-refractivity contribution in [3.63, 3.8) is 0 Å². The Bertz CT molecular complexity index is 722. The van der Waals surface area contributed by atoms with Gasteiger partial charge in [0.05, 0.1) is 30.6 Å². The molecule has 0 radical (unpaired) electrons. The second-order valence-corrected chi connectivity index (χ2v) is 5.95. The smallest absolute Gasteiger partial charge is 0.274 e. The Hall–Kier alpha value is -2.41. The highest BCUT2D eigenvalue weighted by Gasteiger charge is 2.26. The lowest BCUT2D eigenvalue weighted by Crippen LogP contribution is -2.41. The Morgan fingerprint density at radius 3 is 3.04 bits per heavy atom. The number of rotatable bonds is 5. The quantitative estimate of drug-likeness (QED) is 0.905. The summed E-state index contributed by atoms with van der Waals surface area (Å²) in [6, 6.07) is 7.40. The lowest BCUT2D eigenvalue weighted by Gasteiger charge is -2.19. The van der Waals surface area contributed by atoms with Gasteiger partial charge in [0.2, 0.25) is 0 Å². The second-order valence-electron chi connectivity index (χ2n) is 5.95. The Morgan fingerprint density at radius 1 is 1.50 bits per heavy atom. The fourth-order valence-electron chi connectivity index (χ4n) is 2.89. The second kappa shape index (κ2) is 7.00. The number of carbonyl (C=O) groups is 1. The van der Waals surface area contributed by atoms with E-state index in [0.29, 0.717) is 11.4 Å². The molecule has 3 rings (SSSR count). The van der Waals surface area contributed by atoms with Crippen LogP contribution in [0, 0.1) is 6.92 Å². The molecule has 1 aromatic carbocycles. The average molecular weight is 330 g/mol. The van der Waals surface area contributed by atoms with Gasteiger partial charge in [0.1, 0.15) is 5.75 Å². The predicted octanol–water partition coefficient (Wildman–Crippen LogP) is 1.88. The molecule has 1 N–H and O–H groups in total. The first-order valence-corrected chi connectivity index (χ1v) is 8.09. The summed E-state index contributed by atoms with van der Waals surface area (Å²) in [5.74, 6) is 0.491. The largest absolute Gasteiger partial charge is 0.497 e. The number of nitrogens with one attached hydrogen (secondary N) is 1. The van der Waals surface area contributed by atoms with Crippen LogP contribution in [0.3, 0.4) is 0 Å². The highest BCUT2D eigenvalue weighted by Crippen LogP contribution is 2.19. The molecule has 2 unspecified atom stereocenters. The number of methoxy groups -OCH3 is 1. The van der Waals surface area contributed by atoms with Gasteiger partial charge in [-0.2, -0.15) is 0 Å². The monoisotopic (exact) mass is 330 g/mol. The zero-order valence-electron chi connectivity index (χ0n) is 14.2. The minimum absolute atomic E-state index is 0.0543. The molecule has 7 heteroatoms. The summed E-state index contributed by atoms with van der Waals surface area (Å²) in [6.45, 7) is 4.54. The Balaban J connectivity index is 1.77. The number of hydrogen-bond donors (Lipinski definition) is 1. The maximum Gasteiger partial charge on any atom is 0.274 e. The summed E-state index contributed by atoms with van der Waals surface area (Å²) < 4.78 is 12.5. The van der Waals surface area contributed by atoms with Crippen LogP contribution in [0.25, 0.3) is 5.69 Å². The van der Waals surface area contributed by atoms with Crippen LogP contribution in [0.15, 0.2) is 24.3 Å². The summed E-state index contributed by atoms with van der Waals surface area (Å²) in [4.78, 5) is 12.5. The van der Waals surface area contributed by atoms with Gasteiger partial charge >= 0.3 is 0 Å². The number of ether oxygens (including phenoxy) is 2. The first kappa shape index (κ1) is 16.4. The standard InChI is InChI=1S/C17H22N4O3/c1-11(15-8-5-9-24-15)18-17(22)16-12(2)21(20-19-16)13-6-4-7-14(10-13)23-3/h4,6-7,10-11,15H,5,8-9H2,1-3H3,(H,18,22). The van der Waals surface area contributed by atoms with Crippen molar-refractivity contribution in [2.24, 2.45) is 0 Å². The molecule has 1 saturated heterocycles. The van der Waals surface area contributed by atoms with E-state index in [4.69, 9.17) is 9.47 Å². The van der Waals surface area contributed by atoms with Crippen molar-refractivity contribution >= 4 is 5.91 Å². The van der Waals surface area contributed by atoms with E-state index in [2.05, 4.69) is 15.6 Å². The van der Waals surface area contributed by atoms with Crippen LogP contribution in [0.2, 0.25) is 0 Å². The molecule has 2 heterocycles. The summed E-state index contributed by atoms with van der Waals surface area (Å²) in [6.07, 6.45) is 2.08. The molecule has 1 aliphatic rings. The Morgan fingerprint density at radius 2 is 2.33 bits per heavy atom. The van der Waals surface area contributed by atoms with Crippen molar-refractivity contribution in [2.75, 3.05) is 13.7 Å². The molecule has 2 atom stereocenters. The van der Waals surface area contributed by atoms with Gasteiger partial charge in [0, 0.05) is 12.7 Å². The van der Waals surface area contributed by atoms with Crippen molar-refractivity contribution < 1.29 is 14.3 Å². The van der Waals surface area contributed by atoms with Crippen LogP contribution >= 0.6 is 0 Å². The van der Waals surface area contributed by atoms with Crippen LogP contribution in [0.5, 0.6) is 5.75 Å². The maximum absolute atomic E-state index is 12.5. The molecule has 0 spiro atoms. The number of hydrogen-bond acceptors (Lipinski definition) is 5. The topological polar surface area (TPSA) is 78.3 Å². The van der Waals surface area contributed by atoms with Gasteiger partial charge in [-0.1, -0.05) is 11.3 Å². The molecule has 1 aromatic heterocycles. The van der Waals surface area contributed by atoms with Crippen LogP contribution in [0.4, 0.5) is 0 Å². The fraction of sp³-hybridized carbons (Fsp3) is 0.471. The van der Waals surface area contributed by atoms with Gasteiger partial charge in [0.25, 0.3) is 5.91 Å². The highest BCUT2D eigenvalue weighted by molar-refractivity contribution is 5.93. The van der Waals surface area contributed by atoms with E-state index in [1.165, 1.54) is 0 Å². The minimum Gasteiger partial charge on any atom is -0.497 e. The maximum atomic E-state index is 12.5. The number of aromatic nitrogens is 3. The van der Waals surface area contributed by atoms with Crippen molar-refractivity contribution in [3.05, 3.63) is 35.7 Å². The van der Waals surface area contributed by atoms with E-state index in [0.717, 1.165) is 30.9 Å². The molecule has 0 saturated carbocycles. The van der Waals surface area contributed by atoms with Crippen LogP contribution in [-0.2, 0) is 4.74 Å². The molecular weight excluding hydrogens is 308 g/mol. The Labute approximate surface area is 141 Å². The summed E-state index contributed by atoms with van der Waals surface area (Å²) in [5.41, 5.74) is 1.80. The van der Waals surface area contributed by atoms with Gasteiger partial charge in [0.15, 0.2) is 5.69 Å². The van der Waals surface area contributed by atoms with E-state index in [1.54, 1.807) is 11.8 Å². The molecule has 0 bridgehead atoms. The zero-order chi connectivity index (χ0) is 17.1. The van der Waals surface area contributed by atoms with Crippen molar-refractivity contribution in [1.29, 1.82) is 0 Å². The molecule has 2 aromatic rings. The number of benzene rings is 1. The third kappa shape index (κ3) is 3.26. The number of carbonyl (C=O) groups excluding carboxylic acids is 1. The third-order valence-electron chi connectivity index (χ3n) is 4.29. The SMILES string of the molecule is COc1cccc(-n2nnc(C(=O)NC(C)C3CCCO3)c2C)c1. The van der Waals surface area contributed by atoms with Crippen LogP contribution in [0.1, 0.15) is 35.9 Å². The van der Waals surface area contributed by atoms with E-state index >= 15 is 0 Å². The first-order chi connectivity index (χ1) is 11.6. The normalized spacial score (nSPS) is 18.4. The lowest BCUT2D eigenvalue weighted by atomic mass is 10.1. The molecule has 0 aliphatic carbocycles. The summed E-state index contributed by atoms with van der Waals surface area (Å²) >= 11 is 0. The summed E-state index contributed by atoms with van der Waals surface area (Å²) in [7, 11) is 1.61. The van der Waals surface area contributed by atoms with Gasteiger partial charge in [-0.25, -0.2) is 4.68 Å². The average Bonchev–Trinajstić information content (AvgIpc) is 3.24. The molecule has 128 valence electrons. The number of amides is 1. The van der Waals surface area contributed by atoms with Gasteiger partial charge in [-0.15, -0.1) is 5.10 Å². The van der Waals surface area contributed by atoms with Crippen LogP contribution in [-0.4, -0.2) is 46.8 Å². The van der Waals surface area contributed by atoms with Crippen molar-refractivity contribution in [1.82, 2.24) is 20.3 Å². The summed E-state index contributed by atoms with van der Waals surface area (Å²) in [5, 5.41) is 11.1. The first-order valence-electron chi connectivity index (χ1n) is 8.09. The minimum atomic E-state index is -0.232. The molecular formula is C17H22N4O3.